The van der Waals surface area contributed by atoms with Gasteiger partial charge in [-0.05, 0) is 27.8 Å². The molecule has 0 aliphatic carbocycles. The minimum Gasteiger partial charge on any atom is -0.474 e. The van der Waals surface area contributed by atoms with E-state index in [1.807, 2.05) is 27.8 Å². The zero-order chi connectivity index (χ0) is 12.0. The third kappa shape index (κ3) is 4.44. The normalized spacial score (nSPS) is 12.6. The molecule has 1 N–H and O–H groups in total. The number of ether oxygens (including phenoxy) is 2. The molecule has 16 heavy (non-hydrogen) atoms. The fourth-order valence-electron chi connectivity index (χ4n) is 1.22. The van der Waals surface area contributed by atoms with E-state index < -0.39 is 0 Å². The molecule has 0 saturated heterocycles. The summed E-state index contributed by atoms with van der Waals surface area (Å²) in [6, 6.07) is 0. The Bertz CT molecular complexity index is 318. The Morgan fingerprint density at radius 3 is 2.38 bits per heavy atom. The quantitative estimate of drug-likeness (QED) is 0.789. The van der Waals surface area contributed by atoms with Crippen LogP contribution in [-0.2, 0) is 0 Å². The van der Waals surface area contributed by atoms with Crippen LogP contribution in [0.2, 0.25) is 0 Å². The number of hydrogen-bond acceptors (Lipinski definition) is 5. The fourth-order valence-corrected chi connectivity index (χ4v) is 1.22. The van der Waals surface area contributed by atoms with E-state index in [2.05, 4.69) is 15.3 Å². The summed E-state index contributed by atoms with van der Waals surface area (Å²) in [6.07, 6.45) is 3.29. The maximum absolute atomic E-state index is 5.56. The Morgan fingerprint density at radius 2 is 1.81 bits per heavy atom. The van der Waals surface area contributed by atoms with Crippen molar-refractivity contribution in [2.45, 2.75) is 33.0 Å². The van der Waals surface area contributed by atoms with Crippen molar-refractivity contribution in [2.24, 2.45) is 0 Å². The lowest BCUT2D eigenvalue weighted by atomic mass is 10.4. The van der Waals surface area contributed by atoms with Crippen molar-refractivity contribution in [3.63, 3.8) is 0 Å². The maximum Gasteiger partial charge on any atom is 0.235 e. The molecule has 1 unspecified atom stereocenters. The van der Waals surface area contributed by atoms with Crippen LogP contribution in [-0.4, -0.2) is 35.8 Å². The molecule has 1 heterocycles. The van der Waals surface area contributed by atoms with Crippen LogP contribution in [0.15, 0.2) is 12.4 Å². The van der Waals surface area contributed by atoms with Crippen molar-refractivity contribution in [1.82, 2.24) is 15.3 Å². The zero-order valence-electron chi connectivity index (χ0n) is 10.2. The number of hydrogen-bond donors (Lipinski definition) is 1. The molecule has 0 aliphatic heterocycles. The van der Waals surface area contributed by atoms with E-state index in [1.165, 1.54) is 0 Å². The molecule has 0 saturated carbocycles. The molecule has 5 heteroatoms. The van der Waals surface area contributed by atoms with Crippen LogP contribution >= 0.6 is 0 Å². The highest BCUT2D eigenvalue weighted by molar-refractivity contribution is 5.13. The first-order chi connectivity index (χ1) is 7.61. The van der Waals surface area contributed by atoms with Crippen LogP contribution < -0.4 is 14.8 Å². The molecule has 0 amide bonds. The van der Waals surface area contributed by atoms with Gasteiger partial charge < -0.3 is 14.8 Å². The van der Waals surface area contributed by atoms with Gasteiger partial charge in [0.1, 0.15) is 6.10 Å². The van der Waals surface area contributed by atoms with Gasteiger partial charge in [-0.25, -0.2) is 0 Å². The Kier molecular flexibility index (Phi) is 4.98. The number of nitrogens with one attached hydrogen (secondary N) is 1. The summed E-state index contributed by atoms with van der Waals surface area (Å²) in [4.78, 5) is 8.22. The Hall–Kier alpha value is -1.36. The molecule has 90 valence electrons. The van der Waals surface area contributed by atoms with Crippen LogP contribution in [0.3, 0.4) is 0 Å². The molecule has 0 spiro atoms. The zero-order valence-corrected chi connectivity index (χ0v) is 10.2. The molecule has 0 aromatic carbocycles. The molecule has 0 bridgehead atoms. The number of nitrogens with zero attached hydrogens (tertiary/aromatic N) is 2. The number of aromatic nitrogens is 2. The summed E-state index contributed by atoms with van der Waals surface area (Å²) in [5.41, 5.74) is 0. The van der Waals surface area contributed by atoms with E-state index in [-0.39, 0.29) is 12.2 Å². The number of rotatable bonds is 6. The van der Waals surface area contributed by atoms with E-state index in [9.17, 15) is 0 Å². The molecule has 5 nitrogen and oxygen atoms in total. The minimum absolute atomic E-state index is 0.0496. The van der Waals surface area contributed by atoms with Crippen molar-refractivity contribution in [3.8, 4) is 11.8 Å². The van der Waals surface area contributed by atoms with Gasteiger partial charge in [0.15, 0.2) is 0 Å². The van der Waals surface area contributed by atoms with E-state index in [1.54, 1.807) is 12.4 Å². The van der Waals surface area contributed by atoms with Crippen molar-refractivity contribution in [1.29, 1.82) is 0 Å². The standard InChI is InChI=1S/C11H19N3O2/c1-8(2)15-10-6-13-7-11(14-10)16-9(3)5-12-4/h6-9,12H,5H2,1-4H3. The van der Waals surface area contributed by atoms with Gasteiger partial charge in [-0.1, -0.05) is 0 Å². The second-order valence-electron chi connectivity index (χ2n) is 3.85. The highest BCUT2D eigenvalue weighted by Gasteiger charge is 2.06. The van der Waals surface area contributed by atoms with Crippen LogP contribution in [0.5, 0.6) is 11.8 Å². The average Bonchev–Trinajstić information content (AvgIpc) is 2.17. The molecule has 0 fully saturated rings. The predicted molar refractivity (Wildman–Crippen MR) is 61.8 cm³/mol. The minimum atomic E-state index is 0.0496. The van der Waals surface area contributed by atoms with Gasteiger partial charge in [0.05, 0.1) is 18.5 Å². The highest BCUT2D eigenvalue weighted by atomic mass is 16.5. The van der Waals surface area contributed by atoms with Crippen molar-refractivity contribution in [2.75, 3.05) is 13.6 Å². The third-order valence-corrected chi connectivity index (χ3v) is 1.76. The monoisotopic (exact) mass is 225 g/mol. The van der Waals surface area contributed by atoms with E-state index in [0.29, 0.717) is 11.8 Å². The van der Waals surface area contributed by atoms with E-state index >= 15 is 0 Å². The summed E-state index contributed by atoms with van der Waals surface area (Å²) in [5, 5.41) is 3.03. The first kappa shape index (κ1) is 12.7. The Morgan fingerprint density at radius 1 is 1.19 bits per heavy atom. The van der Waals surface area contributed by atoms with Crippen LogP contribution in [0.1, 0.15) is 20.8 Å². The van der Waals surface area contributed by atoms with Gasteiger partial charge >= 0.3 is 0 Å². The molecule has 0 aliphatic rings. The van der Waals surface area contributed by atoms with Gasteiger partial charge in [0, 0.05) is 6.54 Å². The lowest BCUT2D eigenvalue weighted by Gasteiger charge is -2.14. The predicted octanol–water partition coefficient (Wildman–Crippen LogP) is 1.25. The summed E-state index contributed by atoms with van der Waals surface area (Å²) in [7, 11) is 1.88. The maximum atomic E-state index is 5.56. The summed E-state index contributed by atoms with van der Waals surface area (Å²) in [6.45, 7) is 6.61. The van der Waals surface area contributed by atoms with Crippen molar-refractivity contribution >= 4 is 0 Å². The van der Waals surface area contributed by atoms with Crippen LogP contribution in [0.25, 0.3) is 0 Å². The molecular formula is C11H19N3O2. The van der Waals surface area contributed by atoms with Gasteiger partial charge in [-0.2, -0.15) is 4.98 Å². The fraction of sp³-hybridized carbons (Fsp3) is 0.636. The number of likely N-dealkylation sites (N-methyl/N-ethyl adjacent to an activating group) is 1. The topological polar surface area (TPSA) is 56.3 Å². The van der Waals surface area contributed by atoms with Gasteiger partial charge in [0.25, 0.3) is 0 Å². The largest absolute Gasteiger partial charge is 0.474 e. The molecule has 0 radical (unpaired) electrons. The van der Waals surface area contributed by atoms with Crippen molar-refractivity contribution in [3.05, 3.63) is 12.4 Å². The second-order valence-corrected chi connectivity index (χ2v) is 3.85. The summed E-state index contributed by atoms with van der Waals surface area (Å²) < 4.78 is 11.0. The van der Waals surface area contributed by atoms with Gasteiger partial charge in [0.2, 0.25) is 11.8 Å². The SMILES string of the molecule is CNCC(C)Oc1cncc(OC(C)C)n1. The molecule has 1 rings (SSSR count). The van der Waals surface area contributed by atoms with Crippen LogP contribution in [0.4, 0.5) is 0 Å². The Balaban J connectivity index is 2.59. The second kappa shape index (κ2) is 6.27. The first-order valence-corrected chi connectivity index (χ1v) is 5.41. The smallest absolute Gasteiger partial charge is 0.235 e. The molecule has 1 atom stereocenters. The molecule has 1 aromatic heterocycles. The molecule has 1 aromatic rings. The Labute approximate surface area is 96.2 Å². The van der Waals surface area contributed by atoms with Crippen LogP contribution in [0, 0.1) is 0 Å². The first-order valence-electron chi connectivity index (χ1n) is 5.41. The van der Waals surface area contributed by atoms with Gasteiger partial charge in [-0.3, -0.25) is 4.98 Å². The highest BCUT2D eigenvalue weighted by Crippen LogP contribution is 2.13. The molecular weight excluding hydrogens is 206 g/mol. The third-order valence-electron chi connectivity index (χ3n) is 1.76. The summed E-state index contributed by atoms with van der Waals surface area (Å²) >= 11 is 0. The van der Waals surface area contributed by atoms with Gasteiger partial charge in [-0.15, -0.1) is 0 Å². The van der Waals surface area contributed by atoms with E-state index in [0.717, 1.165) is 6.54 Å². The average molecular weight is 225 g/mol. The lowest BCUT2D eigenvalue weighted by Crippen LogP contribution is -2.26. The van der Waals surface area contributed by atoms with E-state index in [4.69, 9.17) is 9.47 Å². The lowest BCUT2D eigenvalue weighted by molar-refractivity contribution is 0.197. The van der Waals surface area contributed by atoms with Crippen molar-refractivity contribution < 1.29 is 9.47 Å². The summed E-state index contributed by atoms with van der Waals surface area (Å²) in [5.74, 6) is 0.977.